The van der Waals surface area contributed by atoms with Gasteiger partial charge in [-0.05, 0) is 31.8 Å². The molecule has 1 aliphatic rings. The molecule has 1 heterocycles. The van der Waals surface area contributed by atoms with Gasteiger partial charge >= 0.3 is 0 Å². The van der Waals surface area contributed by atoms with Gasteiger partial charge in [0.05, 0.1) is 6.54 Å². The molecule has 1 rings (SSSR count). The van der Waals surface area contributed by atoms with Crippen LogP contribution in [0.2, 0.25) is 0 Å². The Kier molecular flexibility index (Phi) is 4.65. The Morgan fingerprint density at radius 2 is 2.19 bits per heavy atom. The summed E-state index contributed by atoms with van der Waals surface area (Å²) < 4.78 is 0. The summed E-state index contributed by atoms with van der Waals surface area (Å²) in [4.78, 5) is 25.3. The van der Waals surface area contributed by atoms with E-state index in [0.29, 0.717) is 13.0 Å². The van der Waals surface area contributed by atoms with Crippen LogP contribution in [0.15, 0.2) is 0 Å². The van der Waals surface area contributed by atoms with E-state index in [1.165, 1.54) is 0 Å². The maximum atomic E-state index is 12.1. The fourth-order valence-electron chi connectivity index (χ4n) is 1.81. The minimum Gasteiger partial charge on any atom is -0.340 e. The first-order valence-corrected chi connectivity index (χ1v) is 7.02. The predicted octanol–water partition coefficient (Wildman–Crippen LogP) is 0.867. The summed E-state index contributed by atoms with van der Waals surface area (Å²) in [5.41, 5.74) is -0.700. The molecule has 0 aromatic rings. The quantitative estimate of drug-likeness (QED) is 0.730. The summed E-state index contributed by atoms with van der Waals surface area (Å²) in [6, 6.07) is 0. The van der Waals surface area contributed by atoms with Gasteiger partial charge in [-0.2, -0.15) is 11.8 Å². The molecule has 0 bridgehead atoms. The van der Waals surface area contributed by atoms with Crippen molar-refractivity contribution in [1.82, 2.24) is 10.2 Å². The van der Waals surface area contributed by atoms with Crippen LogP contribution in [0.5, 0.6) is 0 Å². The summed E-state index contributed by atoms with van der Waals surface area (Å²) in [5.74, 6) is 1.03. The van der Waals surface area contributed by atoms with Crippen LogP contribution in [0, 0.1) is 0 Å². The van der Waals surface area contributed by atoms with Crippen LogP contribution in [-0.4, -0.2) is 47.4 Å². The smallest absolute Gasteiger partial charge is 0.248 e. The van der Waals surface area contributed by atoms with Gasteiger partial charge in [-0.15, -0.1) is 0 Å². The second kappa shape index (κ2) is 5.57. The number of nitrogens with zero attached hydrogens (tertiary/aromatic N) is 1. The molecule has 1 fully saturated rings. The second-order valence-corrected chi connectivity index (χ2v) is 5.29. The van der Waals surface area contributed by atoms with Crippen LogP contribution in [0.3, 0.4) is 0 Å². The Bertz CT molecular complexity index is 283. The lowest BCUT2D eigenvalue weighted by Crippen LogP contribution is -2.65. The zero-order valence-corrected chi connectivity index (χ0v) is 11.0. The molecular formula is C11H20N2O2S. The Morgan fingerprint density at radius 3 is 2.75 bits per heavy atom. The third-order valence-corrected chi connectivity index (χ3v) is 3.69. The van der Waals surface area contributed by atoms with E-state index in [-0.39, 0.29) is 18.4 Å². The second-order valence-electron chi connectivity index (χ2n) is 4.31. The van der Waals surface area contributed by atoms with Gasteiger partial charge in [0.25, 0.3) is 0 Å². The van der Waals surface area contributed by atoms with Gasteiger partial charge in [0.1, 0.15) is 5.54 Å². The molecule has 16 heavy (non-hydrogen) atoms. The summed E-state index contributed by atoms with van der Waals surface area (Å²) in [6.45, 7) is 4.61. The number of carbonyl (C=O) groups excluding carboxylic acids is 2. The van der Waals surface area contributed by atoms with Crippen LogP contribution in [-0.2, 0) is 9.59 Å². The van der Waals surface area contributed by atoms with E-state index in [0.717, 1.165) is 12.2 Å². The van der Waals surface area contributed by atoms with E-state index in [9.17, 15) is 9.59 Å². The predicted molar refractivity (Wildman–Crippen MR) is 66.4 cm³/mol. The van der Waals surface area contributed by atoms with E-state index in [1.54, 1.807) is 23.6 Å². The molecule has 0 aromatic carbocycles. The molecule has 1 aliphatic heterocycles. The van der Waals surface area contributed by atoms with Crippen LogP contribution < -0.4 is 5.32 Å². The minimum absolute atomic E-state index is 0.0481. The summed E-state index contributed by atoms with van der Waals surface area (Å²) in [6.07, 6.45) is 3.62. The average Bonchev–Trinajstić information content (AvgIpc) is 2.25. The SMILES string of the molecule is CCC1(C)NC(=O)CN(CCCSC)C1=O. The van der Waals surface area contributed by atoms with Crippen molar-refractivity contribution < 1.29 is 9.59 Å². The number of hydrogen-bond donors (Lipinski definition) is 1. The highest BCUT2D eigenvalue weighted by Gasteiger charge is 2.40. The lowest BCUT2D eigenvalue weighted by atomic mass is 9.94. The third kappa shape index (κ3) is 2.90. The Balaban J connectivity index is 2.63. The van der Waals surface area contributed by atoms with Crippen LogP contribution >= 0.6 is 11.8 Å². The van der Waals surface area contributed by atoms with E-state index in [2.05, 4.69) is 5.32 Å². The summed E-state index contributed by atoms with van der Waals surface area (Å²) in [5, 5.41) is 2.78. The Hall–Kier alpha value is -0.710. The highest BCUT2D eigenvalue weighted by molar-refractivity contribution is 7.98. The Morgan fingerprint density at radius 1 is 1.50 bits per heavy atom. The van der Waals surface area contributed by atoms with E-state index < -0.39 is 5.54 Å². The van der Waals surface area contributed by atoms with E-state index >= 15 is 0 Å². The van der Waals surface area contributed by atoms with Crippen molar-refractivity contribution in [2.45, 2.75) is 32.2 Å². The van der Waals surface area contributed by atoms with Crippen molar-refractivity contribution in [3.63, 3.8) is 0 Å². The molecule has 1 atom stereocenters. The number of rotatable bonds is 5. The van der Waals surface area contributed by atoms with Gasteiger partial charge in [0, 0.05) is 6.54 Å². The molecule has 0 aliphatic carbocycles. The molecule has 2 amide bonds. The maximum Gasteiger partial charge on any atom is 0.248 e. The van der Waals surface area contributed by atoms with Gasteiger partial charge < -0.3 is 10.2 Å². The first-order chi connectivity index (χ1) is 7.53. The third-order valence-electron chi connectivity index (χ3n) is 2.99. The number of hydrogen-bond acceptors (Lipinski definition) is 3. The first-order valence-electron chi connectivity index (χ1n) is 5.63. The molecule has 1 saturated heterocycles. The minimum atomic E-state index is -0.700. The molecule has 92 valence electrons. The van der Waals surface area contributed by atoms with Crippen molar-refractivity contribution in [3.05, 3.63) is 0 Å². The zero-order valence-electron chi connectivity index (χ0n) is 10.2. The van der Waals surface area contributed by atoms with Gasteiger partial charge in [-0.3, -0.25) is 9.59 Å². The fraction of sp³-hybridized carbons (Fsp3) is 0.818. The standard InChI is InChI=1S/C11H20N2O2S/c1-4-11(2)10(15)13(6-5-7-16-3)8-9(14)12-11/h4-8H2,1-3H3,(H,12,14). The lowest BCUT2D eigenvalue weighted by Gasteiger charge is -2.39. The zero-order chi connectivity index (χ0) is 12.2. The Labute approximate surface area is 101 Å². The number of thioether (sulfide) groups is 1. The molecule has 1 unspecified atom stereocenters. The largest absolute Gasteiger partial charge is 0.340 e. The van der Waals surface area contributed by atoms with Crippen molar-refractivity contribution in [2.75, 3.05) is 25.1 Å². The van der Waals surface area contributed by atoms with Gasteiger partial charge in [-0.1, -0.05) is 6.92 Å². The highest BCUT2D eigenvalue weighted by atomic mass is 32.2. The fourth-order valence-corrected chi connectivity index (χ4v) is 2.23. The summed E-state index contributed by atoms with van der Waals surface area (Å²) in [7, 11) is 0. The molecule has 1 N–H and O–H groups in total. The van der Waals surface area contributed by atoms with E-state index in [4.69, 9.17) is 0 Å². The van der Waals surface area contributed by atoms with Crippen molar-refractivity contribution in [2.24, 2.45) is 0 Å². The molecular weight excluding hydrogens is 224 g/mol. The van der Waals surface area contributed by atoms with E-state index in [1.807, 2.05) is 13.2 Å². The molecule has 0 radical (unpaired) electrons. The number of nitrogens with one attached hydrogen (secondary N) is 1. The normalized spacial score (nSPS) is 25.8. The van der Waals surface area contributed by atoms with Gasteiger partial charge in [0.15, 0.2) is 0 Å². The summed E-state index contributed by atoms with van der Waals surface area (Å²) >= 11 is 1.76. The monoisotopic (exact) mass is 244 g/mol. The van der Waals surface area contributed by atoms with Crippen molar-refractivity contribution in [3.8, 4) is 0 Å². The van der Waals surface area contributed by atoms with Crippen LogP contribution in [0.4, 0.5) is 0 Å². The highest BCUT2D eigenvalue weighted by Crippen LogP contribution is 2.18. The van der Waals surface area contributed by atoms with Crippen LogP contribution in [0.25, 0.3) is 0 Å². The maximum absolute atomic E-state index is 12.1. The molecule has 0 aromatic heterocycles. The number of carbonyl (C=O) groups is 2. The topological polar surface area (TPSA) is 49.4 Å². The van der Waals surface area contributed by atoms with Crippen molar-refractivity contribution in [1.29, 1.82) is 0 Å². The number of amides is 2. The lowest BCUT2D eigenvalue weighted by molar-refractivity contribution is -0.149. The molecule has 0 spiro atoms. The number of piperazine rings is 1. The van der Waals surface area contributed by atoms with Gasteiger partial charge in [-0.25, -0.2) is 0 Å². The van der Waals surface area contributed by atoms with Gasteiger partial charge in [0.2, 0.25) is 11.8 Å². The van der Waals surface area contributed by atoms with Crippen LogP contribution in [0.1, 0.15) is 26.7 Å². The van der Waals surface area contributed by atoms with Crippen molar-refractivity contribution >= 4 is 23.6 Å². The molecule has 5 heteroatoms. The average molecular weight is 244 g/mol. The molecule has 0 saturated carbocycles. The first kappa shape index (κ1) is 13.4. The molecule has 4 nitrogen and oxygen atoms in total.